The van der Waals surface area contributed by atoms with Crippen molar-refractivity contribution in [3.63, 3.8) is 0 Å². The molecule has 0 amide bonds. The van der Waals surface area contributed by atoms with Crippen molar-refractivity contribution in [2.75, 3.05) is 0 Å². The molecule has 4 heteroatoms. The molecule has 0 aliphatic heterocycles. The summed E-state index contributed by atoms with van der Waals surface area (Å²) >= 11 is -0.826. The molecule has 0 unspecified atom stereocenters. The molecule has 0 aromatic heterocycles. The average Bonchev–Trinajstić information content (AvgIpc) is 3.85. The molecular formula is C56H52Cl2SiZr. The molecule has 10 rings (SSSR count). The van der Waals surface area contributed by atoms with Crippen LogP contribution in [0.2, 0.25) is 13.1 Å². The van der Waals surface area contributed by atoms with Crippen LogP contribution in [0, 0.1) is 11.8 Å². The van der Waals surface area contributed by atoms with Gasteiger partial charge in [-0.05, 0) is 91.0 Å². The Morgan fingerprint density at radius 3 is 1.03 bits per heavy atom. The molecule has 0 bridgehead atoms. The average molecular weight is 915 g/mol. The van der Waals surface area contributed by atoms with Gasteiger partial charge in [-0.3, -0.25) is 0 Å². The Kier molecular flexibility index (Phi) is 15.0. The van der Waals surface area contributed by atoms with Crippen LogP contribution in [0.15, 0.2) is 170 Å². The molecule has 0 saturated heterocycles. The van der Waals surface area contributed by atoms with E-state index in [0.717, 1.165) is 22.4 Å². The molecule has 0 heterocycles. The number of halogens is 2. The molecule has 10 aromatic carbocycles. The standard InChI is InChI=1S/2C27H23.C2H6Si.2ClH.Zr/c2*1-18(2)14-19-15-20-10-7-13-25(26(20)16-19)27-23-11-5-3-8-21(23)17-22-9-4-6-12-24(22)27;1-3-2;;;/h2*3-13,15-18H,14H2,1-2H3;1-2H3;2*1H;/q2*-1;;;;+4/p-2. The van der Waals surface area contributed by atoms with Crippen molar-refractivity contribution in [1.29, 1.82) is 0 Å². The fourth-order valence-corrected chi connectivity index (χ4v) is 8.82. The quantitative estimate of drug-likeness (QED) is 0.0886. The summed E-state index contributed by atoms with van der Waals surface area (Å²) in [7, 11) is 11.0. The van der Waals surface area contributed by atoms with Crippen LogP contribution in [-0.2, 0) is 33.7 Å². The van der Waals surface area contributed by atoms with Crippen molar-refractivity contribution >= 4 is 91.2 Å². The van der Waals surface area contributed by atoms with E-state index in [0.29, 0.717) is 11.8 Å². The fourth-order valence-electron chi connectivity index (χ4n) is 8.82. The first-order valence-corrected chi connectivity index (χ1v) is 29.3. The van der Waals surface area contributed by atoms with Crippen LogP contribution in [0.5, 0.6) is 0 Å². The third kappa shape index (κ3) is 9.75. The van der Waals surface area contributed by atoms with Crippen LogP contribution in [0.1, 0.15) is 38.8 Å². The zero-order valence-electron chi connectivity index (χ0n) is 35.5. The molecule has 0 atom stereocenters. The Labute approximate surface area is 377 Å². The van der Waals surface area contributed by atoms with Crippen molar-refractivity contribution in [2.45, 2.75) is 53.6 Å². The molecule has 0 aliphatic carbocycles. The van der Waals surface area contributed by atoms with Gasteiger partial charge in [-0.25, -0.2) is 0 Å². The predicted octanol–water partition coefficient (Wildman–Crippen LogP) is 17.6. The third-order valence-electron chi connectivity index (χ3n) is 11.0. The predicted molar refractivity (Wildman–Crippen MR) is 266 cm³/mol. The number of hydrogen-bond donors (Lipinski definition) is 0. The summed E-state index contributed by atoms with van der Waals surface area (Å²) < 4.78 is 0. The zero-order valence-corrected chi connectivity index (χ0v) is 40.5. The number of fused-ring (bicyclic) bond motifs is 6. The van der Waals surface area contributed by atoms with Crippen LogP contribution >= 0.6 is 17.0 Å². The SMILES string of the molecule is CC(C)Cc1cc2c(-c3c4ccccc4cc4ccccc34)cccc2[cH-]1.CC(C)Cc1cc2c(-c3c4ccccc4cc4ccccc34)cccc2[cH-]1.C[Si]C.[Cl][Zr+2][Cl]. The summed E-state index contributed by atoms with van der Waals surface area (Å²) in [5.41, 5.74) is 8.28. The van der Waals surface area contributed by atoms with E-state index >= 15 is 0 Å². The van der Waals surface area contributed by atoms with Gasteiger partial charge in [0.15, 0.2) is 0 Å². The number of rotatable bonds is 6. The molecule has 0 N–H and O–H groups in total. The van der Waals surface area contributed by atoms with E-state index in [-0.39, 0.29) is 0 Å². The number of benzene rings is 8. The van der Waals surface area contributed by atoms with E-state index in [1.54, 1.807) is 0 Å². The Morgan fingerprint density at radius 2 is 0.733 bits per heavy atom. The van der Waals surface area contributed by atoms with Gasteiger partial charge in [0.2, 0.25) is 0 Å². The van der Waals surface area contributed by atoms with Crippen LogP contribution in [0.4, 0.5) is 0 Å². The molecule has 60 heavy (non-hydrogen) atoms. The van der Waals surface area contributed by atoms with Crippen molar-refractivity contribution in [3.05, 3.63) is 181 Å². The Bertz CT molecular complexity index is 2690. The second kappa shape index (κ2) is 20.5. The van der Waals surface area contributed by atoms with Gasteiger partial charge >= 0.3 is 37.9 Å². The van der Waals surface area contributed by atoms with Gasteiger partial charge in [0, 0.05) is 9.52 Å². The van der Waals surface area contributed by atoms with Gasteiger partial charge in [-0.1, -0.05) is 161 Å². The van der Waals surface area contributed by atoms with Crippen LogP contribution in [0.3, 0.4) is 0 Å². The minimum atomic E-state index is -0.826. The van der Waals surface area contributed by atoms with Gasteiger partial charge in [0.1, 0.15) is 0 Å². The maximum atomic E-state index is 4.93. The molecule has 2 radical (unpaired) electrons. The second-order valence-corrected chi connectivity index (χ2v) is 21.2. The molecule has 0 saturated carbocycles. The van der Waals surface area contributed by atoms with E-state index in [2.05, 4.69) is 211 Å². The van der Waals surface area contributed by atoms with Crippen LogP contribution in [-0.4, -0.2) is 9.52 Å². The molecule has 0 fully saturated rings. The van der Waals surface area contributed by atoms with Gasteiger partial charge < -0.3 is 0 Å². The van der Waals surface area contributed by atoms with Crippen molar-refractivity contribution in [2.24, 2.45) is 11.8 Å². The first-order valence-electron chi connectivity index (χ1n) is 21.0. The summed E-state index contributed by atoms with van der Waals surface area (Å²) in [5, 5.41) is 16.0. The van der Waals surface area contributed by atoms with Crippen molar-refractivity contribution < 1.29 is 20.8 Å². The van der Waals surface area contributed by atoms with Gasteiger partial charge in [0.25, 0.3) is 0 Å². The summed E-state index contributed by atoms with van der Waals surface area (Å²) in [6, 6.07) is 62.7. The van der Waals surface area contributed by atoms with E-state index in [9.17, 15) is 0 Å². The monoisotopic (exact) mass is 912 g/mol. The van der Waals surface area contributed by atoms with E-state index in [1.807, 2.05) is 0 Å². The summed E-state index contributed by atoms with van der Waals surface area (Å²) in [5.74, 6) is 1.34. The van der Waals surface area contributed by atoms with E-state index in [1.165, 1.54) is 98.0 Å². The first-order chi connectivity index (χ1) is 29.2. The second-order valence-electron chi connectivity index (χ2n) is 16.5. The molecule has 0 spiro atoms. The van der Waals surface area contributed by atoms with E-state index in [4.69, 9.17) is 17.0 Å². The normalized spacial score (nSPS) is 11.1. The maximum absolute atomic E-state index is 4.93. The van der Waals surface area contributed by atoms with E-state index < -0.39 is 20.8 Å². The van der Waals surface area contributed by atoms with Crippen LogP contribution in [0.25, 0.3) is 86.9 Å². The Morgan fingerprint density at radius 1 is 0.433 bits per heavy atom. The molecule has 10 aromatic rings. The Balaban J connectivity index is 0.000000161. The first kappa shape index (κ1) is 43.8. The molecule has 0 aliphatic rings. The summed E-state index contributed by atoms with van der Waals surface area (Å²) in [4.78, 5) is 0. The molecular weight excluding hydrogens is 863 g/mol. The van der Waals surface area contributed by atoms with Crippen molar-refractivity contribution in [3.8, 4) is 22.3 Å². The van der Waals surface area contributed by atoms with Crippen molar-refractivity contribution in [1.82, 2.24) is 0 Å². The number of hydrogen-bond acceptors (Lipinski definition) is 0. The summed E-state index contributed by atoms with van der Waals surface area (Å²) in [6.45, 7) is 13.5. The van der Waals surface area contributed by atoms with Gasteiger partial charge in [-0.15, -0.1) is 69.1 Å². The molecule has 0 nitrogen and oxygen atoms in total. The van der Waals surface area contributed by atoms with Gasteiger partial charge in [0.05, 0.1) is 0 Å². The summed E-state index contributed by atoms with van der Waals surface area (Å²) in [6.07, 6.45) is 2.26. The fraction of sp³-hybridized carbons (Fsp3) is 0.179. The third-order valence-corrected chi connectivity index (χ3v) is 11.0. The Hall–Kier alpha value is -4.30. The minimum absolute atomic E-state index is 0.670. The zero-order chi connectivity index (χ0) is 42.2. The van der Waals surface area contributed by atoms with Crippen LogP contribution < -0.4 is 0 Å². The molecule has 298 valence electrons. The topological polar surface area (TPSA) is 0 Å². The van der Waals surface area contributed by atoms with Gasteiger partial charge in [-0.2, -0.15) is 12.1 Å².